The molecule has 0 fully saturated rings. The maximum absolute atomic E-state index is 12.5. The summed E-state index contributed by atoms with van der Waals surface area (Å²) in [6.07, 6.45) is 4.09. The van der Waals surface area contributed by atoms with E-state index in [4.69, 9.17) is 0 Å². The zero-order valence-corrected chi connectivity index (χ0v) is 15.5. The molecule has 2 rings (SSSR count). The molecule has 0 bridgehead atoms. The van der Waals surface area contributed by atoms with Gasteiger partial charge < -0.3 is 10.2 Å². The van der Waals surface area contributed by atoms with Gasteiger partial charge in [0.2, 0.25) is 5.91 Å². The van der Waals surface area contributed by atoms with Crippen molar-refractivity contribution in [2.45, 2.75) is 11.3 Å². The van der Waals surface area contributed by atoms with E-state index in [0.717, 1.165) is 18.5 Å². The van der Waals surface area contributed by atoms with Crippen LogP contribution in [0.2, 0.25) is 0 Å². The Balaban J connectivity index is 2.01. The molecule has 0 heterocycles. The molecule has 0 saturated heterocycles. The number of hydrogen-bond acceptors (Lipinski definition) is 3. The summed E-state index contributed by atoms with van der Waals surface area (Å²) in [6, 6.07) is 16.9. The van der Waals surface area contributed by atoms with Gasteiger partial charge in [-0.1, -0.05) is 42.5 Å². The standard InChI is InChI=1S/C20H24N2O2S/c1-22(2)15-8-16-25(24)19-12-7-6-11-18(19)21-20(23)14-13-17-9-4-3-5-10-17/h3-7,9-14H,8,15-16H2,1-2H3,(H,21,23)/b14-13+. The Hall–Kier alpha value is -2.24. The van der Waals surface area contributed by atoms with Crippen molar-refractivity contribution in [2.24, 2.45) is 0 Å². The minimum atomic E-state index is -1.13. The van der Waals surface area contributed by atoms with Crippen molar-refractivity contribution in [1.82, 2.24) is 4.90 Å². The van der Waals surface area contributed by atoms with E-state index in [9.17, 15) is 9.00 Å². The smallest absolute Gasteiger partial charge is 0.248 e. The minimum absolute atomic E-state index is 0.235. The lowest BCUT2D eigenvalue weighted by Crippen LogP contribution is -2.16. The number of amides is 1. The third-order valence-corrected chi connectivity index (χ3v) is 5.06. The topological polar surface area (TPSA) is 49.4 Å². The molecule has 5 heteroatoms. The summed E-state index contributed by atoms with van der Waals surface area (Å²) >= 11 is 0. The molecular weight excluding hydrogens is 332 g/mol. The highest BCUT2D eigenvalue weighted by Crippen LogP contribution is 2.20. The third kappa shape index (κ3) is 6.64. The zero-order chi connectivity index (χ0) is 18.1. The highest BCUT2D eigenvalue weighted by molar-refractivity contribution is 7.85. The van der Waals surface area contributed by atoms with Crippen LogP contribution in [0.3, 0.4) is 0 Å². The number of hydrogen-bond donors (Lipinski definition) is 1. The quantitative estimate of drug-likeness (QED) is 0.738. The second-order valence-corrected chi connectivity index (χ2v) is 7.48. The summed E-state index contributed by atoms with van der Waals surface area (Å²) in [6.45, 7) is 0.889. The number of rotatable bonds is 8. The van der Waals surface area contributed by atoms with Crippen LogP contribution in [0.1, 0.15) is 12.0 Å². The average Bonchev–Trinajstić information content (AvgIpc) is 2.61. The van der Waals surface area contributed by atoms with E-state index in [-0.39, 0.29) is 5.91 Å². The molecule has 0 saturated carbocycles. The first-order chi connectivity index (χ1) is 12.1. The van der Waals surface area contributed by atoms with E-state index >= 15 is 0 Å². The summed E-state index contributed by atoms with van der Waals surface area (Å²) in [5.74, 6) is 0.340. The molecule has 4 nitrogen and oxygen atoms in total. The number of carbonyl (C=O) groups excluding carboxylic acids is 1. The van der Waals surface area contributed by atoms with E-state index in [0.29, 0.717) is 16.3 Å². The van der Waals surface area contributed by atoms with Gasteiger partial charge in [0.15, 0.2) is 0 Å². The molecule has 132 valence electrons. The van der Waals surface area contributed by atoms with Crippen LogP contribution in [0.5, 0.6) is 0 Å². The summed E-state index contributed by atoms with van der Waals surface area (Å²) in [7, 11) is 2.86. The van der Waals surface area contributed by atoms with Crippen LogP contribution in [0.15, 0.2) is 65.6 Å². The lowest BCUT2D eigenvalue weighted by atomic mass is 10.2. The fourth-order valence-electron chi connectivity index (χ4n) is 2.30. The number of para-hydroxylation sites is 1. The molecule has 0 aliphatic rings. The maximum Gasteiger partial charge on any atom is 0.248 e. The molecule has 0 aliphatic heterocycles. The molecule has 1 amide bonds. The van der Waals surface area contributed by atoms with Crippen LogP contribution in [-0.4, -0.2) is 41.4 Å². The molecule has 0 aliphatic carbocycles. The predicted molar refractivity (Wildman–Crippen MR) is 105 cm³/mol. The third-order valence-electron chi connectivity index (χ3n) is 3.55. The van der Waals surface area contributed by atoms with Gasteiger partial charge in [-0.3, -0.25) is 9.00 Å². The molecule has 1 unspecified atom stereocenters. The lowest BCUT2D eigenvalue weighted by Gasteiger charge is -2.11. The van der Waals surface area contributed by atoms with E-state index < -0.39 is 10.8 Å². The van der Waals surface area contributed by atoms with Gasteiger partial charge in [-0.2, -0.15) is 0 Å². The zero-order valence-electron chi connectivity index (χ0n) is 14.6. The Morgan fingerprint density at radius 3 is 2.48 bits per heavy atom. The van der Waals surface area contributed by atoms with Crippen molar-refractivity contribution < 1.29 is 9.00 Å². The van der Waals surface area contributed by atoms with Crippen molar-refractivity contribution in [3.63, 3.8) is 0 Å². The second-order valence-electron chi connectivity index (χ2n) is 5.94. The molecule has 1 atom stereocenters. The maximum atomic E-state index is 12.5. The van der Waals surface area contributed by atoms with E-state index in [1.54, 1.807) is 12.1 Å². The van der Waals surface area contributed by atoms with Crippen molar-refractivity contribution in [3.05, 3.63) is 66.2 Å². The predicted octanol–water partition coefficient (Wildman–Crippen LogP) is 3.40. The number of anilines is 1. The van der Waals surface area contributed by atoms with Crippen molar-refractivity contribution in [2.75, 3.05) is 31.7 Å². The van der Waals surface area contributed by atoms with Gasteiger partial charge in [0.25, 0.3) is 0 Å². The first-order valence-electron chi connectivity index (χ1n) is 8.22. The van der Waals surface area contributed by atoms with Gasteiger partial charge in [-0.15, -0.1) is 0 Å². The highest BCUT2D eigenvalue weighted by Gasteiger charge is 2.11. The van der Waals surface area contributed by atoms with Gasteiger partial charge in [-0.05, 0) is 50.8 Å². The van der Waals surface area contributed by atoms with Crippen molar-refractivity contribution in [1.29, 1.82) is 0 Å². The van der Waals surface area contributed by atoms with E-state index in [2.05, 4.69) is 10.2 Å². The van der Waals surface area contributed by atoms with Crippen LogP contribution in [-0.2, 0) is 15.6 Å². The molecule has 2 aromatic carbocycles. The SMILES string of the molecule is CN(C)CCCS(=O)c1ccccc1NC(=O)/C=C/c1ccccc1. The summed E-state index contributed by atoms with van der Waals surface area (Å²) in [5, 5.41) is 2.83. The summed E-state index contributed by atoms with van der Waals surface area (Å²) in [5.41, 5.74) is 1.56. The van der Waals surface area contributed by atoms with Crippen LogP contribution in [0, 0.1) is 0 Å². The van der Waals surface area contributed by atoms with Gasteiger partial charge in [0.05, 0.1) is 21.4 Å². The number of benzene rings is 2. The monoisotopic (exact) mass is 356 g/mol. The molecule has 1 N–H and O–H groups in total. The molecule has 2 aromatic rings. The van der Waals surface area contributed by atoms with Gasteiger partial charge >= 0.3 is 0 Å². The molecule has 0 radical (unpaired) electrons. The van der Waals surface area contributed by atoms with Gasteiger partial charge in [-0.25, -0.2) is 0 Å². The van der Waals surface area contributed by atoms with Crippen LogP contribution in [0.4, 0.5) is 5.69 Å². The normalized spacial score (nSPS) is 12.4. The minimum Gasteiger partial charge on any atom is -0.321 e. The summed E-state index contributed by atoms with van der Waals surface area (Å²) in [4.78, 5) is 14.9. The first-order valence-corrected chi connectivity index (χ1v) is 9.54. The Labute approximate surface area is 152 Å². The Bertz CT molecular complexity index is 742. The Kier molecular flexibility index (Phi) is 7.57. The molecule has 25 heavy (non-hydrogen) atoms. The second kappa shape index (κ2) is 9.91. The van der Waals surface area contributed by atoms with E-state index in [1.807, 2.05) is 62.6 Å². The van der Waals surface area contributed by atoms with Crippen LogP contribution < -0.4 is 5.32 Å². The van der Waals surface area contributed by atoms with Crippen LogP contribution in [0.25, 0.3) is 6.08 Å². The lowest BCUT2D eigenvalue weighted by molar-refractivity contribution is -0.111. The van der Waals surface area contributed by atoms with Gasteiger partial charge in [0.1, 0.15) is 0 Å². The van der Waals surface area contributed by atoms with Gasteiger partial charge in [0, 0.05) is 11.8 Å². The summed E-state index contributed by atoms with van der Waals surface area (Å²) < 4.78 is 12.5. The fourth-order valence-corrected chi connectivity index (χ4v) is 3.51. The first kappa shape index (κ1) is 19.1. The fraction of sp³-hybridized carbons (Fsp3) is 0.250. The van der Waals surface area contributed by atoms with Crippen molar-refractivity contribution in [3.8, 4) is 0 Å². The number of nitrogens with one attached hydrogen (secondary N) is 1. The number of nitrogens with zero attached hydrogens (tertiary/aromatic N) is 1. The molecule has 0 spiro atoms. The largest absolute Gasteiger partial charge is 0.321 e. The van der Waals surface area contributed by atoms with E-state index in [1.165, 1.54) is 6.08 Å². The molecular formula is C20H24N2O2S. The Morgan fingerprint density at radius 2 is 1.76 bits per heavy atom. The van der Waals surface area contributed by atoms with Crippen LogP contribution >= 0.6 is 0 Å². The van der Waals surface area contributed by atoms with Crippen molar-refractivity contribution >= 4 is 28.5 Å². The Morgan fingerprint density at radius 1 is 1.08 bits per heavy atom. The average molecular weight is 356 g/mol. The number of carbonyl (C=O) groups is 1. The highest BCUT2D eigenvalue weighted by atomic mass is 32.2. The molecule has 0 aromatic heterocycles.